The predicted molar refractivity (Wildman–Crippen MR) is 59.5 cm³/mol. The summed E-state index contributed by atoms with van der Waals surface area (Å²) in [4.78, 5) is 2.51. The molecule has 0 aromatic rings. The molecule has 3 heteroatoms. The number of rotatable bonds is 4. The van der Waals surface area contributed by atoms with Gasteiger partial charge in [0.05, 0.1) is 6.61 Å². The van der Waals surface area contributed by atoms with Crippen molar-refractivity contribution in [3.8, 4) is 0 Å². The first kappa shape index (κ1) is 12.0. The Labute approximate surface area is 87.5 Å². The molecule has 0 radical (unpaired) electrons. The molecule has 1 atom stereocenters. The van der Waals surface area contributed by atoms with Crippen molar-refractivity contribution < 1.29 is 5.11 Å². The highest BCUT2D eigenvalue weighted by atomic mass is 16.3. The van der Waals surface area contributed by atoms with E-state index < -0.39 is 0 Å². The fourth-order valence-electron chi connectivity index (χ4n) is 2.28. The Kier molecular flexibility index (Phi) is 4.85. The molecule has 1 heterocycles. The van der Waals surface area contributed by atoms with Gasteiger partial charge in [0, 0.05) is 5.54 Å². The summed E-state index contributed by atoms with van der Waals surface area (Å²) in [5, 5.41) is 12.7. The van der Waals surface area contributed by atoms with Crippen LogP contribution in [0.4, 0.5) is 0 Å². The monoisotopic (exact) mass is 200 g/mol. The maximum Gasteiger partial charge on any atom is 0.0613 e. The van der Waals surface area contributed by atoms with Gasteiger partial charge in [0.1, 0.15) is 0 Å². The summed E-state index contributed by atoms with van der Waals surface area (Å²) >= 11 is 0. The smallest absolute Gasteiger partial charge is 0.0613 e. The lowest BCUT2D eigenvalue weighted by molar-refractivity contribution is 0.150. The SMILES string of the molecule is CCCN1CCCC(CO)(NC)CC1. The summed E-state index contributed by atoms with van der Waals surface area (Å²) < 4.78 is 0. The summed E-state index contributed by atoms with van der Waals surface area (Å²) in [5.41, 5.74) is -0.0114. The minimum atomic E-state index is -0.0114. The third kappa shape index (κ3) is 2.94. The molecule has 0 saturated carbocycles. The Balaban J connectivity index is 2.46. The summed E-state index contributed by atoms with van der Waals surface area (Å²) in [7, 11) is 1.96. The largest absolute Gasteiger partial charge is 0.394 e. The van der Waals surface area contributed by atoms with E-state index in [0.717, 1.165) is 19.4 Å². The molecule has 0 aromatic carbocycles. The van der Waals surface area contributed by atoms with Crippen molar-refractivity contribution in [2.45, 2.75) is 38.1 Å². The van der Waals surface area contributed by atoms with Gasteiger partial charge < -0.3 is 15.3 Å². The normalized spacial score (nSPS) is 30.2. The third-order valence-corrected chi connectivity index (χ3v) is 3.41. The highest BCUT2D eigenvalue weighted by Crippen LogP contribution is 2.21. The van der Waals surface area contributed by atoms with Crippen molar-refractivity contribution in [3.05, 3.63) is 0 Å². The standard InChI is InChI=1S/C11H24N2O/c1-3-7-13-8-4-5-11(10-14,12-2)6-9-13/h12,14H,3-10H2,1-2H3. The Morgan fingerprint density at radius 2 is 2.14 bits per heavy atom. The molecule has 0 amide bonds. The van der Waals surface area contributed by atoms with Crippen LogP contribution in [0, 0.1) is 0 Å². The second-order valence-corrected chi connectivity index (χ2v) is 4.38. The molecular formula is C11H24N2O. The van der Waals surface area contributed by atoms with E-state index in [2.05, 4.69) is 17.1 Å². The highest BCUT2D eigenvalue weighted by molar-refractivity contribution is 4.89. The molecule has 1 unspecified atom stereocenters. The second kappa shape index (κ2) is 5.69. The zero-order valence-electron chi connectivity index (χ0n) is 9.55. The second-order valence-electron chi connectivity index (χ2n) is 4.38. The first-order valence-corrected chi connectivity index (χ1v) is 5.78. The maximum atomic E-state index is 9.40. The number of likely N-dealkylation sites (tertiary alicyclic amines) is 1. The van der Waals surface area contributed by atoms with E-state index in [-0.39, 0.29) is 12.1 Å². The average molecular weight is 200 g/mol. The number of nitrogens with zero attached hydrogens (tertiary/aromatic N) is 1. The van der Waals surface area contributed by atoms with Crippen LogP contribution in [-0.2, 0) is 0 Å². The Morgan fingerprint density at radius 1 is 1.36 bits per heavy atom. The Hall–Kier alpha value is -0.120. The van der Waals surface area contributed by atoms with Crippen LogP contribution in [0.3, 0.4) is 0 Å². The molecule has 0 spiro atoms. The molecule has 14 heavy (non-hydrogen) atoms. The van der Waals surface area contributed by atoms with Crippen molar-refractivity contribution in [1.82, 2.24) is 10.2 Å². The van der Waals surface area contributed by atoms with Gasteiger partial charge in [0.25, 0.3) is 0 Å². The van der Waals surface area contributed by atoms with E-state index in [1.54, 1.807) is 0 Å². The minimum Gasteiger partial charge on any atom is -0.394 e. The van der Waals surface area contributed by atoms with Crippen LogP contribution in [0.15, 0.2) is 0 Å². The van der Waals surface area contributed by atoms with Crippen LogP contribution in [0.25, 0.3) is 0 Å². The zero-order chi connectivity index (χ0) is 10.4. The number of likely N-dealkylation sites (N-methyl/N-ethyl adjacent to an activating group) is 1. The number of hydrogen-bond donors (Lipinski definition) is 2. The van der Waals surface area contributed by atoms with Gasteiger partial charge in [-0.05, 0) is 52.4 Å². The van der Waals surface area contributed by atoms with E-state index in [9.17, 15) is 5.11 Å². The molecule has 1 rings (SSSR count). The average Bonchev–Trinajstić information content (AvgIpc) is 2.42. The van der Waals surface area contributed by atoms with E-state index in [1.807, 2.05) is 7.05 Å². The van der Waals surface area contributed by atoms with Crippen molar-refractivity contribution in [3.63, 3.8) is 0 Å². The van der Waals surface area contributed by atoms with Crippen LogP contribution < -0.4 is 5.32 Å². The molecular weight excluding hydrogens is 176 g/mol. The lowest BCUT2D eigenvalue weighted by Crippen LogP contribution is -2.47. The lowest BCUT2D eigenvalue weighted by atomic mass is 9.92. The van der Waals surface area contributed by atoms with Crippen LogP contribution >= 0.6 is 0 Å². The van der Waals surface area contributed by atoms with E-state index >= 15 is 0 Å². The van der Waals surface area contributed by atoms with Gasteiger partial charge in [-0.15, -0.1) is 0 Å². The summed E-state index contributed by atoms with van der Waals surface area (Å²) in [6, 6.07) is 0. The van der Waals surface area contributed by atoms with Gasteiger partial charge in [-0.1, -0.05) is 6.92 Å². The summed E-state index contributed by atoms with van der Waals surface area (Å²) in [6.07, 6.45) is 4.59. The first-order chi connectivity index (χ1) is 6.76. The van der Waals surface area contributed by atoms with Crippen molar-refractivity contribution in [1.29, 1.82) is 0 Å². The fourth-order valence-corrected chi connectivity index (χ4v) is 2.28. The molecule has 1 aliphatic rings. The van der Waals surface area contributed by atoms with E-state index in [4.69, 9.17) is 0 Å². The zero-order valence-corrected chi connectivity index (χ0v) is 9.55. The molecule has 0 bridgehead atoms. The quantitative estimate of drug-likeness (QED) is 0.705. The Bertz CT molecular complexity index is 157. The summed E-state index contributed by atoms with van der Waals surface area (Å²) in [5.74, 6) is 0. The molecule has 0 aliphatic carbocycles. The van der Waals surface area contributed by atoms with Crippen molar-refractivity contribution >= 4 is 0 Å². The van der Waals surface area contributed by atoms with Gasteiger partial charge in [-0.3, -0.25) is 0 Å². The molecule has 1 fully saturated rings. The first-order valence-electron chi connectivity index (χ1n) is 5.78. The highest BCUT2D eigenvalue weighted by Gasteiger charge is 2.29. The van der Waals surface area contributed by atoms with Crippen LogP contribution in [0.2, 0.25) is 0 Å². The predicted octanol–water partition coefficient (Wildman–Crippen LogP) is 0.833. The number of aliphatic hydroxyl groups is 1. The minimum absolute atomic E-state index is 0.0114. The van der Waals surface area contributed by atoms with Gasteiger partial charge in [0.15, 0.2) is 0 Å². The van der Waals surface area contributed by atoms with Crippen molar-refractivity contribution in [2.24, 2.45) is 0 Å². The molecule has 1 aliphatic heterocycles. The maximum absolute atomic E-state index is 9.40. The molecule has 3 nitrogen and oxygen atoms in total. The van der Waals surface area contributed by atoms with Gasteiger partial charge in [-0.25, -0.2) is 0 Å². The molecule has 1 saturated heterocycles. The lowest BCUT2D eigenvalue weighted by Gasteiger charge is -2.30. The van der Waals surface area contributed by atoms with Crippen molar-refractivity contribution in [2.75, 3.05) is 33.3 Å². The topological polar surface area (TPSA) is 35.5 Å². The molecule has 84 valence electrons. The van der Waals surface area contributed by atoms with E-state index in [1.165, 1.54) is 25.9 Å². The number of aliphatic hydroxyl groups excluding tert-OH is 1. The van der Waals surface area contributed by atoms with Crippen LogP contribution in [0.1, 0.15) is 32.6 Å². The molecule has 0 aromatic heterocycles. The van der Waals surface area contributed by atoms with Crippen LogP contribution in [0.5, 0.6) is 0 Å². The third-order valence-electron chi connectivity index (χ3n) is 3.41. The van der Waals surface area contributed by atoms with Gasteiger partial charge >= 0.3 is 0 Å². The number of hydrogen-bond acceptors (Lipinski definition) is 3. The Morgan fingerprint density at radius 3 is 2.71 bits per heavy atom. The summed E-state index contributed by atoms with van der Waals surface area (Å²) in [6.45, 7) is 6.00. The van der Waals surface area contributed by atoms with Gasteiger partial charge in [-0.2, -0.15) is 0 Å². The molecule has 2 N–H and O–H groups in total. The number of nitrogens with one attached hydrogen (secondary N) is 1. The fraction of sp³-hybridized carbons (Fsp3) is 1.00. The van der Waals surface area contributed by atoms with Gasteiger partial charge in [0.2, 0.25) is 0 Å². The van der Waals surface area contributed by atoms with E-state index in [0.29, 0.717) is 0 Å². The van der Waals surface area contributed by atoms with Crippen LogP contribution in [-0.4, -0.2) is 48.8 Å².